The molecule has 2 rings (SSSR count). The predicted octanol–water partition coefficient (Wildman–Crippen LogP) is 2.74. The van der Waals surface area contributed by atoms with Gasteiger partial charge in [0.2, 0.25) is 5.91 Å². The molecule has 0 aliphatic carbocycles. The number of carbonyl (C=O) groups excluding carboxylic acids is 1. The van der Waals surface area contributed by atoms with Crippen LogP contribution in [-0.2, 0) is 21.3 Å². The molecule has 0 spiro atoms. The molecule has 0 aliphatic heterocycles. The molecule has 2 aromatic rings. The molecule has 0 aliphatic rings. The summed E-state index contributed by atoms with van der Waals surface area (Å²) in [5, 5.41) is 0.649. The lowest BCUT2D eigenvalue weighted by atomic mass is 10.0. The van der Waals surface area contributed by atoms with Gasteiger partial charge in [-0.1, -0.05) is 48.0 Å². The van der Waals surface area contributed by atoms with Crippen LogP contribution in [0.5, 0.6) is 0 Å². The van der Waals surface area contributed by atoms with Crippen LogP contribution in [-0.4, -0.2) is 15.9 Å². The van der Waals surface area contributed by atoms with Crippen molar-refractivity contribution in [2.45, 2.75) is 5.75 Å². The number of halogens is 1. The minimum atomic E-state index is -1.30. The van der Waals surface area contributed by atoms with Gasteiger partial charge in [-0.05, 0) is 28.8 Å². The van der Waals surface area contributed by atoms with Crippen LogP contribution < -0.4 is 5.73 Å². The van der Waals surface area contributed by atoms with E-state index in [0.717, 1.165) is 16.7 Å². The molecule has 0 heterocycles. The van der Waals surface area contributed by atoms with Gasteiger partial charge in [0, 0.05) is 21.6 Å². The number of carbonyl (C=O) groups is 1. The largest absolute Gasteiger partial charge is 0.369 e. The second-order valence-electron chi connectivity index (χ2n) is 4.36. The molecule has 1 atom stereocenters. The molecule has 2 N–H and O–H groups in total. The standard InChI is InChI=1S/C15H14ClNO2S/c16-13-6-3-5-11(8-13)14-7-2-1-4-12(14)9-20(19)10-15(17)18/h1-8H,9-10H2,(H2,17,18). The lowest BCUT2D eigenvalue weighted by Crippen LogP contribution is -2.20. The highest BCUT2D eigenvalue weighted by Crippen LogP contribution is 2.26. The Morgan fingerprint density at radius 1 is 1.15 bits per heavy atom. The van der Waals surface area contributed by atoms with Crippen molar-refractivity contribution in [1.82, 2.24) is 0 Å². The van der Waals surface area contributed by atoms with Crippen LogP contribution in [0, 0.1) is 0 Å². The summed E-state index contributed by atoms with van der Waals surface area (Å²) in [6.07, 6.45) is 0. The highest BCUT2D eigenvalue weighted by molar-refractivity contribution is 7.84. The Morgan fingerprint density at radius 3 is 2.60 bits per heavy atom. The van der Waals surface area contributed by atoms with Crippen molar-refractivity contribution in [1.29, 1.82) is 0 Å². The zero-order valence-corrected chi connectivity index (χ0v) is 12.3. The smallest absolute Gasteiger partial charge is 0.230 e. The molecule has 0 bridgehead atoms. The quantitative estimate of drug-likeness (QED) is 0.923. The van der Waals surface area contributed by atoms with Crippen molar-refractivity contribution in [2.24, 2.45) is 5.73 Å². The average molecular weight is 308 g/mol. The first kappa shape index (κ1) is 14.8. The molecule has 104 valence electrons. The molecule has 0 radical (unpaired) electrons. The van der Waals surface area contributed by atoms with Gasteiger partial charge in [0.05, 0.1) is 0 Å². The molecular weight excluding hydrogens is 294 g/mol. The van der Waals surface area contributed by atoms with Crippen molar-refractivity contribution >= 4 is 28.3 Å². The van der Waals surface area contributed by atoms with Gasteiger partial charge in [-0.2, -0.15) is 0 Å². The lowest BCUT2D eigenvalue weighted by Gasteiger charge is -2.09. The first-order valence-corrected chi connectivity index (χ1v) is 7.90. The molecule has 5 heteroatoms. The van der Waals surface area contributed by atoms with Gasteiger partial charge >= 0.3 is 0 Å². The van der Waals surface area contributed by atoms with E-state index >= 15 is 0 Å². The van der Waals surface area contributed by atoms with Crippen molar-refractivity contribution < 1.29 is 9.00 Å². The number of hydrogen-bond acceptors (Lipinski definition) is 2. The van der Waals surface area contributed by atoms with Gasteiger partial charge in [0.1, 0.15) is 5.75 Å². The summed E-state index contributed by atoms with van der Waals surface area (Å²) in [5.74, 6) is -0.376. The number of primary amides is 1. The van der Waals surface area contributed by atoms with Crippen molar-refractivity contribution in [2.75, 3.05) is 5.75 Å². The first-order valence-electron chi connectivity index (χ1n) is 6.03. The van der Waals surface area contributed by atoms with E-state index in [2.05, 4.69) is 0 Å². The van der Waals surface area contributed by atoms with Gasteiger partial charge in [0.15, 0.2) is 0 Å². The third kappa shape index (κ3) is 3.92. The number of nitrogens with two attached hydrogens (primary N) is 1. The van der Waals surface area contributed by atoms with Crippen LogP contribution in [0.25, 0.3) is 11.1 Å². The van der Waals surface area contributed by atoms with Crippen LogP contribution >= 0.6 is 11.6 Å². The zero-order valence-electron chi connectivity index (χ0n) is 10.7. The molecule has 1 amide bonds. The fraction of sp³-hybridized carbons (Fsp3) is 0.133. The zero-order chi connectivity index (χ0) is 14.5. The molecule has 0 aromatic heterocycles. The van der Waals surface area contributed by atoms with Crippen LogP contribution in [0.2, 0.25) is 5.02 Å². The average Bonchev–Trinajstić information content (AvgIpc) is 2.38. The van der Waals surface area contributed by atoms with Crippen molar-refractivity contribution in [3.63, 3.8) is 0 Å². The summed E-state index contributed by atoms with van der Waals surface area (Å²) in [7, 11) is -1.30. The minimum Gasteiger partial charge on any atom is -0.369 e. The predicted molar refractivity (Wildman–Crippen MR) is 82.8 cm³/mol. The molecule has 0 fully saturated rings. The lowest BCUT2D eigenvalue weighted by molar-refractivity contribution is -0.115. The molecule has 0 saturated heterocycles. The van der Waals surface area contributed by atoms with E-state index in [1.54, 1.807) is 6.07 Å². The van der Waals surface area contributed by atoms with Crippen LogP contribution in [0.1, 0.15) is 5.56 Å². The second-order valence-corrected chi connectivity index (χ2v) is 6.26. The Hall–Kier alpha value is -1.65. The first-order chi connectivity index (χ1) is 9.56. The van der Waals surface area contributed by atoms with Gasteiger partial charge in [0.25, 0.3) is 0 Å². The van der Waals surface area contributed by atoms with Gasteiger partial charge in [-0.15, -0.1) is 0 Å². The maximum atomic E-state index is 11.9. The van der Waals surface area contributed by atoms with E-state index in [1.165, 1.54) is 0 Å². The fourth-order valence-electron chi connectivity index (χ4n) is 1.97. The highest BCUT2D eigenvalue weighted by Gasteiger charge is 2.10. The van der Waals surface area contributed by atoms with Crippen LogP contribution in [0.15, 0.2) is 48.5 Å². The summed E-state index contributed by atoms with van der Waals surface area (Å²) < 4.78 is 11.9. The molecular formula is C15H14ClNO2S. The minimum absolute atomic E-state index is 0.121. The third-order valence-corrected chi connectivity index (χ3v) is 4.25. The van der Waals surface area contributed by atoms with Gasteiger partial charge in [-0.3, -0.25) is 9.00 Å². The van der Waals surface area contributed by atoms with Crippen molar-refractivity contribution in [3.05, 3.63) is 59.1 Å². The monoisotopic (exact) mass is 307 g/mol. The van der Waals surface area contributed by atoms with E-state index in [4.69, 9.17) is 17.3 Å². The number of amides is 1. The number of rotatable bonds is 5. The molecule has 20 heavy (non-hydrogen) atoms. The molecule has 2 aromatic carbocycles. The topological polar surface area (TPSA) is 60.2 Å². The summed E-state index contributed by atoms with van der Waals surface area (Å²) >= 11 is 6.00. The Morgan fingerprint density at radius 2 is 1.90 bits per heavy atom. The van der Waals surface area contributed by atoms with E-state index in [9.17, 15) is 9.00 Å². The summed E-state index contributed by atoms with van der Waals surface area (Å²) in [5.41, 5.74) is 7.91. The van der Waals surface area contributed by atoms with E-state index in [1.807, 2.05) is 42.5 Å². The van der Waals surface area contributed by atoms with E-state index in [-0.39, 0.29) is 5.75 Å². The SMILES string of the molecule is NC(=O)CS(=O)Cc1ccccc1-c1cccc(Cl)c1. The fourth-order valence-corrected chi connectivity index (χ4v) is 3.18. The highest BCUT2D eigenvalue weighted by atomic mass is 35.5. The van der Waals surface area contributed by atoms with Gasteiger partial charge in [-0.25, -0.2) is 0 Å². The number of benzene rings is 2. The molecule has 3 nitrogen and oxygen atoms in total. The third-order valence-electron chi connectivity index (χ3n) is 2.77. The Balaban J connectivity index is 2.31. The number of hydrogen-bond donors (Lipinski definition) is 1. The molecule has 1 unspecified atom stereocenters. The Bertz CT molecular complexity index is 658. The Kier molecular flexibility index (Phi) is 4.93. The van der Waals surface area contributed by atoms with E-state index < -0.39 is 16.7 Å². The summed E-state index contributed by atoms with van der Waals surface area (Å²) in [6.45, 7) is 0. The van der Waals surface area contributed by atoms with Crippen LogP contribution in [0.4, 0.5) is 0 Å². The summed E-state index contributed by atoms with van der Waals surface area (Å²) in [4.78, 5) is 10.8. The van der Waals surface area contributed by atoms with E-state index in [0.29, 0.717) is 10.8 Å². The summed E-state index contributed by atoms with van der Waals surface area (Å²) in [6, 6.07) is 15.1. The van der Waals surface area contributed by atoms with Crippen molar-refractivity contribution in [3.8, 4) is 11.1 Å². The Labute approximate surface area is 125 Å². The molecule has 0 saturated carbocycles. The maximum absolute atomic E-state index is 11.9. The maximum Gasteiger partial charge on any atom is 0.230 e. The normalized spacial score (nSPS) is 12.1. The van der Waals surface area contributed by atoms with Crippen LogP contribution in [0.3, 0.4) is 0 Å². The van der Waals surface area contributed by atoms with Gasteiger partial charge < -0.3 is 5.73 Å². The second kappa shape index (κ2) is 6.68.